The molecule has 3 aromatic rings. The van der Waals surface area contributed by atoms with Gasteiger partial charge in [0.15, 0.2) is 0 Å². The minimum absolute atomic E-state index is 0.0584. The smallest absolute Gasteiger partial charge is 0.305 e. The molecule has 1 amide bonds. The van der Waals surface area contributed by atoms with Crippen molar-refractivity contribution >= 4 is 34.8 Å². The van der Waals surface area contributed by atoms with Crippen LogP contribution < -0.4 is 20.1 Å². The van der Waals surface area contributed by atoms with Crippen molar-refractivity contribution in [2.24, 2.45) is 0 Å². The first kappa shape index (κ1) is 27.4. The average Bonchev–Trinajstić information content (AvgIpc) is 3.17. The minimum atomic E-state index is -0.912. The predicted molar refractivity (Wildman–Crippen MR) is 150 cm³/mol. The van der Waals surface area contributed by atoms with Crippen molar-refractivity contribution in [1.82, 2.24) is 5.32 Å². The summed E-state index contributed by atoms with van der Waals surface area (Å²) in [7, 11) is 3.05. The minimum Gasteiger partial charge on any atom is -0.494 e. The number of carboxylic acid groups (broad SMARTS) is 1. The van der Waals surface area contributed by atoms with Crippen molar-refractivity contribution in [2.75, 3.05) is 26.1 Å². The number of carbonyl (C=O) groups is 2. The Morgan fingerprint density at radius 2 is 1.67 bits per heavy atom. The Labute approximate surface area is 227 Å². The molecule has 0 radical (unpaired) electrons. The number of benzene rings is 3. The van der Waals surface area contributed by atoms with Crippen LogP contribution in [0.25, 0.3) is 17.2 Å². The number of hydrogen-bond donors (Lipinski definition) is 3. The highest BCUT2D eigenvalue weighted by atomic mass is 19.1. The number of hydrogen-bond acceptors (Lipinski definition) is 5. The summed E-state index contributed by atoms with van der Waals surface area (Å²) in [5.41, 5.74) is 6.37. The van der Waals surface area contributed by atoms with E-state index in [1.165, 1.54) is 26.4 Å². The van der Waals surface area contributed by atoms with Gasteiger partial charge in [0.05, 0.1) is 27.1 Å². The van der Waals surface area contributed by atoms with Gasteiger partial charge in [0, 0.05) is 13.1 Å². The van der Waals surface area contributed by atoms with Crippen LogP contribution in [0.15, 0.2) is 66.2 Å². The number of ether oxygens (including phenoxy) is 2. The first-order valence-corrected chi connectivity index (χ1v) is 12.5. The van der Waals surface area contributed by atoms with Gasteiger partial charge in [-0.25, -0.2) is 4.39 Å². The van der Waals surface area contributed by atoms with Crippen molar-refractivity contribution in [3.63, 3.8) is 0 Å². The van der Waals surface area contributed by atoms with Crippen LogP contribution in [-0.2, 0) is 16.1 Å². The summed E-state index contributed by atoms with van der Waals surface area (Å²) in [6.45, 7) is 2.55. The van der Waals surface area contributed by atoms with Crippen LogP contribution in [0.4, 0.5) is 10.1 Å². The van der Waals surface area contributed by atoms with Gasteiger partial charge in [0.2, 0.25) is 5.91 Å². The standard InChI is InChI=1S/C31H31FN2O5/c1-19-24(13-21-14-27(38-2)31(28(15-21)39-3)33-12-11-30(36)37)23-10-9-22(32)16-26(23)25(19)17-29(35)34-18-20-7-5-4-6-8-20/h4-10,13-16,33H,11-12,17-18H2,1-3H3,(H,34,35)(H,36,37)/b24-13-. The number of halogens is 1. The summed E-state index contributed by atoms with van der Waals surface area (Å²) >= 11 is 0. The van der Waals surface area contributed by atoms with Gasteiger partial charge in [-0.1, -0.05) is 36.4 Å². The molecule has 0 unspecified atom stereocenters. The van der Waals surface area contributed by atoms with Gasteiger partial charge < -0.3 is 25.2 Å². The third-order valence-corrected chi connectivity index (χ3v) is 6.60. The van der Waals surface area contributed by atoms with Crippen LogP contribution in [0, 0.1) is 5.82 Å². The molecule has 1 aliphatic rings. The Hall–Kier alpha value is -4.59. The van der Waals surface area contributed by atoms with Crippen molar-refractivity contribution < 1.29 is 28.6 Å². The number of allylic oxidation sites excluding steroid dienone is 2. The van der Waals surface area contributed by atoms with E-state index in [2.05, 4.69) is 10.6 Å². The third kappa shape index (κ3) is 6.46. The lowest BCUT2D eigenvalue weighted by atomic mass is 10.00. The fourth-order valence-electron chi connectivity index (χ4n) is 4.65. The fourth-order valence-corrected chi connectivity index (χ4v) is 4.65. The Balaban J connectivity index is 1.66. The number of fused-ring (bicyclic) bond motifs is 1. The molecular formula is C31H31FN2O5. The lowest BCUT2D eigenvalue weighted by Crippen LogP contribution is -2.22. The van der Waals surface area contributed by atoms with Gasteiger partial charge in [-0.2, -0.15) is 0 Å². The van der Waals surface area contributed by atoms with E-state index in [1.54, 1.807) is 6.07 Å². The molecule has 0 fully saturated rings. The molecule has 0 saturated carbocycles. The molecule has 0 bridgehead atoms. The molecular weight excluding hydrogens is 499 g/mol. The highest BCUT2D eigenvalue weighted by molar-refractivity contribution is 6.08. The molecule has 3 aromatic carbocycles. The van der Waals surface area contributed by atoms with Crippen LogP contribution in [0.2, 0.25) is 0 Å². The number of carboxylic acids is 1. The molecule has 0 aliphatic heterocycles. The predicted octanol–water partition coefficient (Wildman–Crippen LogP) is 5.76. The van der Waals surface area contributed by atoms with E-state index in [-0.39, 0.29) is 31.1 Å². The van der Waals surface area contributed by atoms with E-state index in [0.717, 1.165) is 33.4 Å². The number of aliphatic carboxylic acids is 1. The zero-order valence-electron chi connectivity index (χ0n) is 22.1. The summed E-state index contributed by atoms with van der Waals surface area (Å²) in [5, 5.41) is 15.0. The molecule has 0 heterocycles. The zero-order chi connectivity index (χ0) is 27.9. The molecule has 0 aromatic heterocycles. The maximum absolute atomic E-state index is 14.3. The van der Waals surface area contributed by atoms with Crippen molar-refractivity contribution in [1.29, 1.82) is 0 Å². The Morgan fingerprint density at radius 1 is 0.974 bits per heavy atom. The molecule has 4 rings (SSSR count). The number of carbonyl (C=O) groups excluding carboxylic acids is 1. The summed E-state index contributed by atoms with van der Waals surface area (Å²) in [6, 6.07) is 17.9. The summed E-state index contributed by atoms with van der Waals surface area (Å²) in [4.78, 5) is 23.8. The number of amides is 1. The second-order valence-electron chi connectivity index (χ2n) is 9.16. The van der Waals surface area contributed by atoms with E-state index in [4.69, 9.17) is 14.6 Å². The van der Waals surface area contributed by atoms with E-state index < -0.39 is 5.97 Å². The highest BCUT2D eigenvalue weighted by Gasteiger charge is 2.26. The Bertz CT molecular complexity index is 1420. The SMILES string of the molecule is COc1cc(/C=C2/C(C)=C(CC(=O)NCc3ccccc3)c3cc(F)ccc32)cc(OC)c1NCCC(=O)O. The van der Waals surface area contributed by atoms with Crippen LogP contribution in [0.5, 0.6) is 11.5 Å². The van der Waals surface area contributed by atoms with Crippen LogP contribution in [0.3, 0.4) is 0 Å². The van der Waals surface area contributed by atoms with Crippen molar-refractivity contribution in [2.45, 2.75) is 26.3 Å². The molecule has 0 atom stereocenters. The lowest BCUT2D eigenvalue weighted by Gasteiger charge is -2.16. The first-order valence-electron chi connectivity index (χ1n) is 12.5. The largest absolute Gasteiger partial charge is 0.494 e. The summed E-state index contributed by atoms with van der Waals surface area (Å²) in [5.74, 6) is -0.447. The maximum atomic E-state index is 14.3. The second kappa shape index (κ2) is 12.3. The fraction of sp³-hybridized carbons (Fsp3) is 0.226. The average molecular weight is 531 g/mol. The molecule has 1 aliphatic carbocycles. The van der Waals surface area contributed by atoms with E-state index >= 15 is 0 Å². The normalized spacial score (nSPS) is 13.3. The maximum Gasteiger partial charge on any atom is 0.305 e. The highest BCUT2D eigenvalue weighted by Crippen LogP contribution is 2.45. The first-order chi connectivity index (χ1) is 18.8. The molecule has 3 N–H and O–H groups in total. The molecule has 0 spiro atoms. The van der Waals surface area contributed by atoms with Gasteiger partial charge in [0.1, 0.15) is 23.0 Å². The van der Waals surface area contributed by atoms with Crippen LogP contribution >= 0.6 is 0 Å². The molecule has 8 heteroatoms. The van der Waals surface area contributed by atoms with Gasteiger partial charge in [-0.05, 0) is 76.2 Å². The number of rotatable bonds is 11. The number of nitrogens with one attached hydrogen (secondary N) is 2. The molecule has 202 valence electrons. The van der Waals surface area contributed by atoms with E-state index in [0.29, 0.717) is 29.3 Å². The number of methoxy groups -OCH3 is 2. The van der Waals surface area contributed by atoms with E-state index in [1.807, 2.05) is 55.5 Å². The van der Waals surface area contributed by atoms with E-state index in [9.17, 15) is 14.0 Å². The van der Waals surface area contributed by atoms with Gasteiger partial charge in [-0.3, -0.25) is 9.59 Å². The molecule has 39 heavy (non-hydrogen) atoms. The molecule has 7 nitrogen and oxygen atoms in total. The van der Waals surface area contributed by atoms with Crippen molar-refractivity contribution in [3.05, 3.63) is 94.3 Å². The topological polar surface area (TPSA) is 96.9 Å². The molecule has 0 saturated heterocycles. The third-order valence-electron chi connectivity index (χ3n) is 6.60. The summed E-state index contributed by atoms with van der Waals surface area (Å²) in [6.07, 6.45) is 2.01. The van der Waals surface area contributed by atoms with Crippen molar-refractivity contribution in [3.8, 4) is 11.5 Å². The number of anilines is 1. The lowest BCUT2D eigenvalue weighted by molar-refractivity contribution is -0.136. The zero-order valence-corrected chi connectivity index (χ0v) is 22.1. The van der Waals surface area contributed by atoms with Gasteiger partial charge in [0.25, 0.3) is 0 Å². The van der Waals surface area contributed by atoms with Crippen LogP contribution in [-0.4, -0.2) is 37.7 Å². The Morgan fingerprint density at radius 3 is 2.31 bits per heavy atom. The quantitative estimate of drug-likeness (QED) is 0.292. The Kier molecular flexibility index (Phi) is 8.66. The van der Waals surface area contributed by atoms with Gasteiger partial charge in [-0.15, -0.1) is 0 Å². The summed E-state index contributed by atoms with van der Waals surface area (Å²) < 4.78 is 25.4. The van der Waals surface area contributed by atoms with Crippen LogP contribution in [0.1, 0.15) is 42.0 Å². The monoisotopic (exact) mass is 530 g/mol. The van der Waals surface area contributed by atoms with Gasteiger partial charge >= 0.3 is 5.97 Å². The second-order valence-corrected chi connectivity index (χ2v) is 9.16.